The number of hydrogen-bond acceptors (Lipinski definition) is 2. The third-order valence-electron chi connectivity index (χ3n) is 3.68. The highest BCUT2D eigenvalue weighted by atomic mass is 127. The molecule has 0 aromatic heterocycles. The predicted molar refractivity (Wildman–Crippen MR) is 87.5 cm³/mol. The fourth-order valence-corrected chi connectivity index (χ4v) is 2.91. The number of nitrogens with one attached hydrogen (secondary N) is 1. The largest absolute Gasteiger partial charge is 0.342 e. The van der Waals surface area contributed by atoms with Gasteiger partial charge in [0.1, 0.15) is 0 Å². The molecule has 0 spiro atoms. The molecule has 0 unspecified atom stereocenters. The summed E-state index contributed by atoms with van der Waals surface area (Å²) in [7, 11) is 0. The Balaban J connectivity index is 2.00. The number of carbonyl (C=O) groups excluding carboxylic acids is 2. The first kappa shape index (κ1) is 15.3. The van der Waals surface area contributed by atoms with E-state index in [1.54, 1.807) is 11.8 Å². The Morgan fingerprint density at radius 3 is 2.80 bits per heavy atom. The standard InChI is InChI=1S/C15H19IN2O2/c1-10-5-6-13(8-14(10)16)17-15(20)12-4-3-7-18(9-12)11(2)19/h5-6,8,12H,3-4,7,9H2,1-2H3,(H,17,20)/t12-/m0/s1. The summed E-state index contributed by atoms with van der Waals surface area (Å²) in [6.07, 6.45) is 1.74. The smallest absolute Gasteiger partial charge is 0.229 e. The molecule has 1 aromatic rings. The molecule has 1 aliphatic rings. The number of carbonyl (C=O) groups is 2. The summed E-state index contributed by atoms with van der Waals surface area (Å²) in [4.78, 5) is 25.4. The second-order valence-corrected chi connectivity index (χ2v) is 6.42. The number of rotatable bonds is 2. The van der Waals surface area contributed by atoms with Gasteiger partial charge in [-0.05, 0) is 60.1 Å². The van der Waals surface area contributed by atoms with Crippen molar-refractivity contribution in [1.82, 2.24) is 4.90 Å². The SMILES string of the molecule is CC(=O)N1CCC[C@H](C(=O)Nc2ccc(C)c(I)c2)C1. The van der Waals surface area contributed by atoms with Crippen molar-refractivity contribution in [2.45, 2.75) is 26.7 Å². The van der Waals surface area contributed by atoms with Crippen LogP contribution in [0.25, 0.3) is 0 Å². The normalized spacial score (nSPS) is 18.8. The fraction of sp³-hybridized carbons (Fsp3) is 0.467. The van der Waals surface area contributed by atoms with Crippen LogP contribution in [-0.4, -0.2) is 29.8 Å². The van der Waals surface area contributed by atoms with Crippen LogP contribution in [0.4, 0.5) is 5.69 Å². The molecule has 4 nitrogen and oxygen atoms in total. The van der Waals surface area contributed by atoms with E-state index < -0.39 is 0 Å². The monoisotopic (exact) mass is 386 g/mol. The Kier molecular flexibility index (Phi) is 5.01. The molecule has 1 aromatic carbocycles. The lowest BCUT2D eigenvalue weighted by Gasteiger charge is -2.31. The van der Waals surface area contributed by atoms with Gasteiger partial charge in [-0.3, -0.25) is 9.59 Å². The molecule has 2 amide bonds. The molecule has 0 radical (unpaired) electrons. The average Bonchev–Trinajstić information content (AvgIpc) is 2.43. The number of piperidine rings is 1. The summed E-state index contributed by atoms with van der Waals surface area (Å²) in [5.74, 6) is -0.0467. The van der Waals surface area contributed by atoms with Crippen molar-refractivity contribution in [1.29, 1.82) is 0 Å². The van der Waals surface area contributed by atoms with E-state index in [1.807, 2.05) is 25.1 Å². The second-order valence-electron chi connectivity index (χ2n) is 5.26. The maximum atomic E-state index is 12.3. The van der Waals surface area contributed by atoms with Gasteiger partial charge in [0.25, 0.3) is 0 Å². The van der Waals surface area contributed by atoms with Crippen LogP contribution in [-0.2, 0) is 9.59 Å². The van der Waals surface area contributed by atoms with Gasteiger partial charge in [0.2, 0.25) is 11.8 Å². The number of benzene rings is 1. The summed E-state index contributed by atoms with van der Waals surface area (Å²) in [5, 5.41) is 2.96. The quantitative estimate of drug-likeness (QED) is 0.795. The zero-order valence-corrected chi connectivity index (χ0v) is 13.9. The zero-order chi connectivity index (χ0) is 14.7. The van der Waals surface area contributed by atoms with Gasteiger partial charge in [-0.15, -0.1) is 0 Å². The molecular formula is C15H19IN2O2. The van der Waals surface area contributed by atoms with Crippen LogP contribution in [0.15, 0.2) is 18.2 Å². The van der Waals surface area contributed by atoms with Crippen molar-refractivity contribution in [3.8, 4) is 0 Å². The first-order valence-electron chi connectivity index (χ1n) is 6.80. The Morgan fingerprint density at radius 2 is 2.15 bits per heavy atom. The first-order chi connectivity index (χ1) is 9.47. The first-order valence-corrected chi connectivity index (χ1v) is 7.88. The Labute approximate surface area is 133 Å². The van der Waals surface area contributed by atoms with Gasteiger partial charge in [0.15, 0.2) is 0 Å². The molecule has 1 aliphatic heterocycles. The van der Waals surface area contributed by atoms with Crippen molar-refractivity contribution < 1.29 is 9.59 Å². The van der Waals surface area contributed by atoms with Gasteiger partial charge < -0.3 is 10.2 Å². The van der Waals surface area contributed by atoms with E-state index >= 15 is 0 Å². The van der Waals surface area contributed by atoms with Crippen LogP contribution in [0.1, 0.15) is 25.3 Å². The maximum absolute atomic E-state index is 12.3. The molecule has 0 saturated carbocycles. The number of hydrogen-bond donors (Lipinski definition) is 1. The zero-order valence-electron chi connectivity index (χ0n) is 11.8. The highest BCUT2D eigenvalue weighted by molar-refractivity contribution is 14.1. The Morgan fingerprint density at radius 1 is 1.40 bits per heavy atom. The summed E-state index contributed by atoms with van der Waals surface area (Å²) < 4.78 is 1.13. The third-order valence-corrected chi connectivity index (χ3v) is 4.84. The van der Waals surface area contributed by atoms with Gasteiger partial charge in [-0.1, -0.05) is 6.07 Å². The minimum atomic E-state index is -0.105. The van der Waals surface area contributed by atoms with Crippen molar-refractivity contribution in [3.05, 3.63) is 27.3 Å². The molecule has 20 heavy (non-hydrogen) atoms. The lowest BCUT2D eigenvalue weighted by atomic mass is 9.97. The number of likely N-dealkylation sites (tertiary alicyclic amines) is 1. The van der Waals surface area contributed by atoms with Crippen molar-refractivity contribution in [3.63, 3.8) is 0 Å². The van der Waals surface area contributed by atoms with E-state index in [9.17, 15) is 9.59 Å². The molecule has 1 saturated heterocycles. The summed E-state index contributed by atoms with van der Waals surface area (Å²) in [6, 6.07) is 5.89. The van der Waals surface area contributed by atoms with Crippen molar-refractivity contribution >= 4 is 40.1 Å². The lowest BCUT2D eigenvalue weighted by Crippen LogP contribution is -2.42. The molecule has 1 fully saturated rings. The summed E-state index contributed by atoms with van der Waals surface area (Å²) in [6.45, 7) is 4.90. The van der Waals surface area contributed by atoms with Crippen LogP contribution in [0.5, 0.6) is 0 Å². The molecule has 2 rings (SSSR count). The average molecular weight is 386 g/mol. The number of anilines is 1. The molecule has 1 heterocycles. The lowest BCUT2D eigenvalue weighted by molar-refractivity contribution is -0.132. The number of halogens is 1. The summed E-state index contributed by atoms with van der Waals surface area (Å²) >= 11 is 2.26. The van der Waals surface area contributed by atoms with Gasteiger partial charge in [0.05, 0.1) is 5.92 Å². The van der Waals surface area contributed by atoms with E-state index in [-0.39, 0.29) is 17.7 Å². The molecule has 5 heteroatoms. The van der Waals surface area contributed by atoms with Gasteiger partial charge >= 0.3 is 0 Å². The molecule has 108 valence electrons. The number of amides is 2. The van der Waals surface area contributed by atoms with Crippen molar-refractivity contribution in [2.75, 3.05) is 18.4 Å². The molecule has 1 N–H and O–H groups in total. The fourth-order valence-electron chi connectivity index (χ4n) is 2.39. The van der Waals surface area contributed by atoms with Crippen LogP contribution in [0, 0.1) is 16.4 Å². The highest BCUT2D eigenvalue weighted by Crippen LogP contribution is 2.21. The van der Waals surface area contributed by atoms with Crippen LogP contribution in [0.2, 0.25) is 0 Å². The Hall–Kier alpha value is -1.11. The molecule has 0 aliphatic carbocycles. The molecule has 1 atom stereocenters. The molecular weight excluding hydrogens is 367 g/mol. The van der Waals surface area contributed by atoms with E-state index in [1.165, 1.54) is 5.56 Å². The van der Waals surface area contributed by atoms with Gasteiger partial charge in [-0.2, -0.15) is 0 Å². The van der Waals surface area contributed by atoms with Gasteiger partial charge in [-0.25, -0.2) is 0 Å². The van der Waals surface area contributed by atoms with Crippen LogP contribution < -0.4 is 5.32 Å². The van der Waals surface area contributed by atoms with Crippen LogP contribution >= 0.6 is 22.6 Å². The third kappa shape index (κ3) is 3.71. The van der Waals surface area contributed by atoms with E-state index in [0.717, 1.165) is 28.6 Å². The van der Waals surface area contributed by atoms with Crippen LogP contribution in [0.3, 0.4) is 0 Å². The van der Waals surface area contributed by atoms with E-state index in [4.69, 9.17) is 0 Å². The highest BCUT2D eigenvalue weighted by Gasteiger charge is 2.26. The van der Waals surface area contributed by atoms with E-state index in [2.05, 4.69) is 27.9 Å². The minimum absolute atomic E-state index is 0.00982. The topological polar surface area (TPSA) is 49.4 Å². The second kappa shape index (κ2) is 6.56. The Bertz CT molecular complexity index is 531. The minimum Gasteiger partial charge on any atom is -0.342 e. The predicted octanol–water partition coefficient (Wildman–Crippen LogP) is 2.80. The maximum Gasteiger partial charge on any atom is 0.229 e. The number of nitrogens with zero attached hydrogens (tertiary/aromatic N) is 1. The molecule has 0 bridgehead atoms. The number of aryl methyl sites for hydroxylation is 1. The van der Waals surface area contributed by atoms with Crippen molar-refractivity contribution in [2.24, 2.45) is 5.92 Å². The van der Waals surface area contributed by atoms with E-state index in [0.29, 0.717) is 6.54 Å². The summed E-state index contributed by atoms with van der Waals surface area (Å²) in [5.41, 5.74) is 2.02. The van der Waals surface area contributed by atoms with Gasteiger partial charge in [0, 0.05) is 29.3 Å².